The molecule has 2 unspecified atom stereocenters. The van der Waals surface area contributed by atoms with Crippen LogP contribution in [0.15, 0.2) is 78.6 Å². The van der Waals surface area contributed by atoms with Gasteiger partial charge in [-0.25, -0.2) is 0 Å². The SMILES string of the molecule is OC(C1=C(c2ccc(Cl)cc2)OCC1c1ccc(Cl)cc1)c1cccnc1. The van der Waals surface area contributed by atoms with E-state index in [0.717, 1.165) is 22.3 Å². The van der Waals surface area contributed by atoms with Crippen molar-refractivity contribution < 1.29 is 9.84 Å². The lowest BCUT2D eigenvalue weighted by molar-refractivity contribution is 0.209. The van der Waals surface area contributed by atoms with Crippen molar-refractivity contribution in [3.05, 3.63) is 105 Å². The van der Waals surface area contributed by atoms with E-state index in [1.54, 1.807) is 12.4 Å². The molecule has 1 aromatic heterocycles. The van der Waals surface area contributed by atoms with Gasteiger partial charge in [0.2, 0.25) is 0 Å². The summed E-state index contributed by atoms with van der Waals surface area (Å²) < 4.78 is 6.05. The van der Waals surface area contributed by atoms with Gasteiger partial charge in [-0.1, -0.05) is 41.4 Å². The van der Waals surface area contributed by atoms with Crippen LogP contribution in [-0.4, -0.2) is 16.7 Å². The molecular weight excluding hydrogens is 381 g/mol. The van der Waals surface area contributed by atoms with E-state index >= 15 is 0 Å². The maximum absolute atomic E-state index is 11.2. The fraction of sp³-hybridized carbons (Fsp3) is 0.136. The van der Waals surface area contributed by atoms with Gasteiger partial charge in [0.05, 0.1) is 6.61 Å². The predicted molar refractivity (Wildman–Crippen MR) is 108 cm³/mol. The Labute approximate surface area is 167 Å². The standard InChI is InChI=1S/C22H17Cl2NO2/c23-17-7-3-14(4-8-17)19-13-27-22(15-5-9-18(24)10-6-15)20(19)21(26)16-2-1-11-25-12-16/h1-12,19,21,26H,13H2. The summed E-state index contributed by atoms with van der Waals surface area (Å²) in [5, 5.41) is 12.5. The molecule has 0 saturated carbocycles. The summed E-state index contributed by atoms with van der Waals surface area (Å²) in [5.74, 6) is 0.603. The van der Waals surface area contributed by atoms with Gasteiger partial charge >= 0.3 is 0 Å². The van der Waals surface area contributed by atoms with E-state index in [-0.39, 0.29) is 5.92 Å². The zero-order valence-electron chi connectivity index (χ0n) is 14.3. The predicted octanol–water partition coefficient (Wildman–Crippen LogP) is 5.65. The summed E-state index contributed by atoms with van der Waals surface area (Å²) >= 11 is 12.1. The van der Waals surface area contributed by atoms with E-state index in [0.29, 0.717) is 22.4 Å². The molecule has 0 saturated heterocycles. The van der Waals surface area contributed by atoms with E-state index in [1.165, 1.54) is 0 Å². The van der Waals surface area contributed by atoms with E-state index in [4.69, 9.17) is 27.9 Å². The van der Waals surface area contributed by atoms with Gasteiger partial charge in [0.1, 0.15) is 11.9 Å². The number of aliphatic hydroxyl groups excluding tert-OH is 1. The third-order valence-corrected chi connectivity index (χ3v) is 5.21. The number of nitrogens with zero attached hydrogens (tertiary/aromatic N) is 1. The monoisotopic (exact) mass is 397 g/mol. The van der Waals surface area contributed by atoms with Crippen molar-refractivity contribution in [2.75, 3.05) is 6.61 Å². The second-order valence-corrected chi connectivity index (χ2v) is 7.27. The highest BCUT2D eigenvalue weighted by Gasteiger charge is 2.34. The fourth-order valence-corrected chi connectivity index (χ4v) is 3.60. The lowest BCUT2D eigenvalue weighted by atomic mass is 9.86. The Morgan fingerprint density at radius 2 is 1.63 bits per heavy atom. The van der Waals surface area contributed by atoms with E-state index in [9.17, 15) is 5.11 Å². The second kappa shape index (κ2) is 7.73. The molecule has 2 aromatic carbocycles. The van der Waals surface area contributed by atoms with Crippen LogP contribution in [0.25, 0.3) is 5.76 Å². The first kappa shape index (κ1) is 18.1. The lowest BCUT2D eigenvalue weighted by Gasteiger charge is -2.19. The third kappa shape index (κ3) is 3.72. The molecule has 27 heavy (non-hydrogen) atoms. The van der Waals surface area contributed by atoms with Crippen LogP contribution >= 0.6 is 23.2 Å². The Kier molecular flexibility index (Phi) is 5.17. The molecule has 1 N–H and O–H groups in total. The number of pyridine rings is 1. The number of ether oxygens (including phenoxy) is 1. The summed E-state index contributed by atoms with van der Waals surface area (Å²) in [5.41, 5.74) is 3.46. The van der Waals surface area contributed by atoms with Gasteiger partial charge in [0, 0.05) is 45.1 Å². The minimum absolute atomic E-state index is 0.0804. The number of aromatic nitrogens is 1. The molecule has 2 heterocycles. The fourth-order valence-electron chi connectivity index (χ4n) is 3.35. The largest absolute Gasteiger partial charge is 0.492 e. The van der Waals surface area contributed by atoms with E-state index < -0.39 is 6.10 Å². The first-order chi connectivity index (χ1) is 13.1. The molecule has 3 aromatic rings. The van der Waals surface area contributed by atoms with Crippen LogP contribution in [0.2, 0.25) is 10.0 Å². The molecule has 2 atom stereocenters. The Morgan fingerprint density at radius 3 is 2.26 bits per heavy atom. The van der Waals surface area contributed by atoms with Crippen LogP contribution in [-0.2, 0) is 4.74 Å². The molecule has 5 heteroatoms. The number of halogens is 2. The van der Waals surface area contributed by atoms with Gasteiger partial charge < -0.3 is 9.84 Å². The van der Waals surface area contributed by atoms with Crippen LogP contribution in [0.4, 0.5) is 0 Å². The van der Waals surface area contributed by atoms with Crippen molar-refractivity contribution in [2.45, 2.75) is 12.0 Å². The smallest absolute Gasteiger partial charge is 0.129 e. The number of hydrogen-bond acceptors (Lipinski definition) is 3. The summed E-state index contributed by atoms with van der Waals surface area (Å²) in [7, 11) is 0. The first-order valence-corrected chi connectivity index (χ1v) is 9.35. The van der Waals surface area contributed by atoms with Crippen molar-refractivity contribution in [1.29, 1.82) is 0 Å². The highest BCUT2D eigenvalue weighted by Crippen LogP contribution is 2.45. The van der Waals surface area contributed by atoms with Gasteiger partial charge in [0.15, 0.2) is 0 Å². The van der Waals surface area contributed by atoms with Crippen molar-refractivity contribution >= 4 is 29.0 Å². The molecule has 0 amide bonds. The van der Waals surface area contributed by atoms with Crippen LogP contribution < -0.4 is 0 Å². The quantitative estimate of drug-likeness (QED) is 0.618. The summed E-state index contributed by atoms with van der Waals surface area (Å²) in [4.78, 5) is 4.14. The van der Waals surface area contributed by atoms with Crippen LogP contribution in [0.5, 0.6) is 0 Å². The van der Waals surface area contributed by atoms with E-state index in [2.05, 4.69) is 4.98 Å². The number of rotatable bonds is 4. The zero-order valence-corrected chi connectivity index (χ0v) is 15.9. The number of benzene rings is 2. The molecule has 136 valence electrons. The molecule has 0 bridgehead atoms. The first-order valence-electron chi connectivity index (χ1n) is 8.60. The van der Waals surface area contributed by atoms with Crippen LogP contribution in [0, 0.1) is 0 Å². The molecule has 1 aliphatic rings. The van der Waals surface area contributed by atoms with Crippen molar-refractivity contribution in [3.8, 4) is 0 Å². The highest BCUT2D eigenvalue weighted by atomic mass is 35.5. The van der Waals surface area contributed by atoms with E-state index in [1.807, 2.05) is 60.7 Å². The molecule has 1 aliphatic heterocycles. The summed E-state index contributed by atoms with van der Waals surface area (Å²) in [6, 6.07) is 18.8. The molecular formula is C22H17Cl2NO2. The van der Waals surface area contributed by atoms with Gasteiger partial charge in [0.25, 0.3) is 0 Å². The Balaban J connectivity index is 1.82. The van der Waals surface area contributed by atoms with Crippen molar-refractivity contribution in [2.24, 2.45) is 0 Å². The topological polar surface area (TPSA) is 42.4 Å². The van der Waals surface area contributed by atoms with Crippen molar-refractivity contribution in [1.82, 2.24) is 4.98 Å². The van der Waals surface area contributed by atoms with Crippen LogP contribution in [0.1, 0.15) is 28.7 Å². The normalized spacial score (nSPS) is 17.7. The third-order valence-electron chi connectivity index (χ3n) is 4.71. The molecule has 0 aliphatic carbocycles. The van der Waals surface area contributed by atoms with Gasteiger partial charge in [-0.2, -0.15) is 0 Å². The minimum atomic E-state index is -0.826. The van der Waals surface area contributed by atoms with Crippen LogP contribution in [0.3, 0.4) is 0 Å². The second-order valence-electron chi connectivity index (χ2n) is 6.40. The Morgan fingerprint density at radius 1 is 0.963 bits per heavy atom. The van der Waals surface area contributed by atoms with Gasteiger partial charge in [-0.3, -0.25) is 4.98 Å². The minimum Gasteiger partial charge on any atom is -0.492 e. The maximum Gasteiger partial charge on any atom is 0.129 e. The number of aliphatic hydroxyl groups is 1. The molecule has 3 nitrogen and oxygen atoms in total. The highest BCUT2D eigenvalue weighted by molar-refractivity contribution is 6.30. The van der Waals surface area contributed by atoms with Gasteiger partial charge in [-0.05, 0) is 48.0 Å². The maximum atomic E-state index is 11.2. The Hall–Kier alpha value is -2.33. The molecule has 0 radical (unpaired) electrons. The summed E-state index contributed by atoms with van der Waals surface area (Å²) in [6.45, 7) is 0.451. The molecule has 0 spiro atoms. The molecule has 4 rings (SSSR count). The van der Waals surface area contributed by atoms with Crippen molar-refractivity contribution in [3.63, 3.8) is 0 Å². The lowest BCUT2D eigenvalue weighted by Crippen LogP contribution is -2.10. The number of hydrogen-bond donors (Lipinski definition) is 1. The Bertz CT molecular complexity index is 954. The zero-order chi connectivity index (χ0) is 18.8. The average Bonchev–Trinajstić information content (AvgIpc) is 3.14. The molecule has 0 fully saturated rings. The van der Waals surface area contributed by atoms with Gasteiger partial charge in [-0.15, -0.1) is 0 Å². The summed E-state index contributed by atoms with van der Waals surface area (Å²) in [6.07, 6.45) is 2.54. The average molecular weight is 398 g/mol.